The van der Waals surface area contributed by atoms with Crippen molar-refractivity contribution in [2.45, 2.75) is 12.6 Å². The van der Waals surface area contributed by atoms with Crippen LogP contribution in [-0.2, 0) is 19.2 Å². The molecule has 0 radical (unpaired) electrons. The molecule has 0 N–H and O–H groups in total. The maximum absolute atomic E-state index is 12.2. The van der Waals surface area contributed by atoms with E-state index in [0.717, 1.165) is 10.1 Å². The maximum Gasteiger partial charge on any atom is 0.324 e. The highest BCUT2D eigenvalue weighted by molar-refractivity contribution is 7.08. The SMILES string of the molecule is COC(=O)CN1OCCC(N2C(=O)c3cscc3C2=O)O1. The first kappa shape index (κ1) is 14.1. The molecule has 21 heavy (non-hydrogen) atoms. The Kier molecular flexibility index (Phi) is 3.72. The number of hydrogen-bond acceptors (Lipinski definition) is 8. The average molecular weight is 312 g/mol. The Bertz CT molecular complexity index is 570. The minimum atomic E-state index is -0.791. The van der Waals surface area contributed by atoms with E-state index in [9.17, 15) is 14.4 Å². The van der Waals surface area contributed by atoms with E-state index in [-0.39, 0.29) is 25.0 Å². The number of carbonyl (C=O) groups is 3. The van der Waals surface area contributed by atoms with Gasteiger partial charge in [-0.1, -0.05) is 5.23 Å². The van der Waals surface area contributed by atoms with Crippen molar-refractivity contribution in [2.75, 3.05) is 20.3 Å². The second kappa shape index (κ2) is 5.53. The second-order valence-corrected chi connectivity index (χ2v) is 5.17. The van der Waals surface area contributed by atoms with E-state index in [4.69, 9.17) is 9.68 Å². The fraction of sp³-hybridized carbons (Fsp3) is 0.417. The van der Waals surface area contributed by atoms with Gasteiger partial charge in [0, 0.05) is 17.2 Å². The lowest BCUT2D eigenvalue weighted by Gasteiger charge is -2.34. The summed E-state index contributed by atoms with van der Waals surface area (Å²) >= 11 is 1.30. The maximum atomic E-state index is 12.2. The van der Waals surface area contributed by atoms with Crippen LogP contribution in [0.4, 0.5) is 0 Å². The molecule has 0 spiro atoms. The third-order valence-electron chi connectivity index (χ3n) is 3.17. The third-order valence-corrected chi connectivity index (χ3v) is 3.92. The summed E-state index contributed by atoms with van der Waals surface area (Å²) in [6.07, 6.45) is -0.455. The van der Waals surface area contributed by atoms with Crippen LogP contribution in [0.2, 0.25) is 0 Å². The van der Waals surface area contributed by atoms with Gasteiger partial charge in [0.15, 0.2) is 6.23 Å². The zero-order chi connectivity index (χ0) is 15.0. The first-order valence-corrected chi connectivity index (χ1v) is 7.14. The summed E-state index contributed by atoms with van der Waals surface area (Å²) in [7, 11) is 1.25. The molecule has 1 saturated heterocycles. The number of nitrogens with zero attached hydrogens (tertiary/aromatic N) is 2. The minimum Gasteiger partial charge on any atom is -0.468 e. The molecule has 0 bridgehead atoms. The van der Waals surface area contributed by atoms with Gasteiger partial charge >= 0.3 is 5.97 Å². The Labute approximate surface area is 123 Å². The topological polar surface area (TPSA) is 85.4 Å². The van der Waals surface area contributed by atoms with Gasteiger partial charge in [-0.3, -0.25) is 19.2 Å². The van der Waals surface area contributed by atoms with Gasteiger partial charge < -0.3 is 4.74 Å². The zero-order valence-electron chi connectivity index (χ0n) is 11.1. The van der Waals surface area contributed by atoms with Crippen LogP contribution in [0.25, 0.3) is 0 Å². The van der Waals surface area contributed by atoms with Crippen LogP contribution in [0.5, 0.6) is 0 Å². The molecule has 1 fully saturated rings. The highest BCUT2D eigenvalue weighted by Crippen LogP contribution is 2.30. The Morgan fingerprint density at radius 2 is 2.05 bits per heavy atom. The third kappa shape index (κ3) is 2.44. The first-order chi connectivity index (χ1) is 10.1. The van der Waals surface area contributed by atoms with Crippen molar-refractivity contribution in [1.82, 2.24) is 10.1 Å². The molecule has 8 nitrogen and oxygen atoms in total. The second-order valence-electron chi connectivity index (χ2n) is 4.43. The zero-order valence-corrected chi connectivity index (χ0v) is 11.9. The van der Waals surface area contributed by atoms with Crippen LogP contribution in [0.1, 0.15) is 27.1 Å². The van der Waals surface area contributed by atoms with E-state index in [1.54, 1.807) is 10.8 Å². The molecule has 3 rings (SSSR count). The van der Waals surface area contributed by atoms with Gasteiger partial charge in [-0.15, -0.1) is 0 Å². The Balaban J connectivity index is 1.73. The number of thiophene rings is 1. The number of hydroxylamine groups is 2. The molecule has 1 aromatic heterocycles. The number of methoxy groups -OCH3 is 1. The number of amides is 2. The number of carbonyl (C=O) groups excluding carboxylic acids is 3. The molecule has 0 aliphatic carbocycles. The van der Waals surface area contributed by atoms with E-state index in [1.165, 1.54) is 18.4 Å². The monoisotopic (exact) mass is 312 g/mol. The molecule has 1 aromatic rings. The number of imide groups is 1. The molecule has 0 saturated carbocycles. The number of esters is 1. The Morgan fingerprint density at radius 1 is 1.38 bits per heavy atom. The van der Waals surface area contributed by atoms with Crippen molar-refractivity contribution in [1.29, 1.82) is 0 Å². The number of fused-ring (bicyclic) bond motifs is 1. The van der Waals surface area contributed by atoms with Crippen LogP contribution < -0.4 is 0 Å². The van der Waals surface area contributed by atoms with E-state index in [2.05, 4.69) is 4.74 Å². The largest absolute Gasteiger partial charge is 0.468 e. The summed E-state index contributed by atoms with van der Waals surface area (Å²) in [5.74, 6) is -1.32. The van der Waals surface area contributed by atoms with Crippen molar-refractivity contribution in [2.24, 2.45) is 0 Å². The van der Waals surface area contributed by atoms with Crippen LogP contribution in [0.3, 0.4) is 0 Å². The lowest BCUT2D eigenvalue weighted by molar-refractivity contribution is -0.420. The first-order valence-electron chi connectivity index (χ1n) is 6.20. The molecule has 3 heterocycles. The van der Waals surface area contributed by atoms with Gasteiger partial charge in [-0.05, 0) is 0 Å². The van der Waals surface area contributed by atoms with Crippen molar-refractivity contribution in [3.8, 4) is 0 Å². The van der Waals surface area contributed by atoms with Gasteiger partial charge in [-0.2, -0.15) is 11.3 Å². The summed E-state index contributed by atoms with van der Waals surface area (Å²) in [6, 6.07) is 0. The summed E-state index contributed by atoms with van der Waals surface area (Å²) in [5, 5.41) is 4.22. The van der Waals surface area contributed by atoms with Crippen molar-refractivity contribution >= 4 is 29.1 Å². The Morgan fingerprint density at radius 3 is 2.67 bits per heavy atom. The normalized spacial score (nSPS) is 22.5. The van der Waals surface area contributed by atoms with Crippen LogP contribution in [0, 0.1) is 0 Å². The molecule has 1 unspecified atom stereocenters. The highest BCUT2D eigenvalue weighted by Gasteiger charge is 2.43. The average Bonchev–Trinajstić information content (AvgIpc) is 3.04. The molecular formula is C12H12N2O6S. The summed E-state index contributed by atoms with van der Waals surface area (Å²) in [6.45, 7) is -0.0178. The lowest BCUT2D eigenvalue weighted by Crippen LogP contribution is -2.50. The number of ether oxygens (including phenoxy) is 1. The molecule has 2 aliphatic rings. The number of rotatable bonds is 3. The van der Waals surface area contributed by atoms with E-state index in [1.807, 2.05) is 0 Å². The lowest BCUT2D eigenvalue weighted by atomic mass is 10.2. The van der Waals surface area contributed by atoms with Crippen LogP contribution in [-0.4, -0.2) is 54.4 Å². The molecule has 0 aromatic carbocycles. The van der Waals surface area contributed by atoms with E-state index >= 15 is 0 Å². The minimum absolute atomic E-state index is 0.228. The van der Waals surface area contributed by atoms with Crippen molar-refractivity contribution in [3.63, 3.8) is 0 Å². The molecule has 1 atom stereocenters. The Hall–Kier alpha value is -1.81. The summed E-state index contributed by atoms with van der Waals surface area (Å²) in [5.41, 5.74) is 0.777. The number of hydrogen-bond donors (Lipinski definition) is 0. The predicted molar refractivity (Wildman–Crippen MR) is 69.0 cm³/mol. The van der Waals surface area contributed by atoms with Gasteiger partial charge in [0.25, 0.3) is 11.8 Å². The smallest absolute Gasteiger partial charge is 0.324 e. The molecule has 9 heteroatoms. The molecule has 112 valence electrons. The van der Waals surface area contributed by atoms with Crippen LogP contribution in [0.15, 0.2) is 10.8 Å². The summed E-state index contributed by atoms with van der Waals surface area (Å²) in [4.78, 5) is 47.2. The summed E-state index contributed by atoms with van der Waals surface area (Å²) < 4.78 is 4.51. The van der Waals surface area contributed by atoms with Crippen molar-refractivity contribution in [3.05, 3.63) is 21.9 Å². The van der Waals surface area contributed by atoms with E-state index in [0.29, 0.717) is 17.5 Å². The van der Waals surface area contributed by atoms with Gasteiger partial charge in [0.2, 0.25) is 0 Å². The van der Waals surface area contributed by atoms with Gasteiger partial charge in [-0.25, -0.2) is 9.74 Å². The standard InChI is InChI=1S/C12H12N2O6S/c1-18-10(15)4-13-19-3-2-9(20-13)14-11(16)7-5-21-6-8(7)12(14)17/h5-6,9H,2-4H2,1H3. The van der Waals surface area contributed by atoms with Crippen LogP contribution >= 0.6 is 11.3 Å². The van der Waals surface area contributed by atoms with Gasteiger partial charge in [0.1, 0.15) is 6.54 Å². The fourth-order valence-electron chi connectivity index (χ4n) is 2.14. The van der Waals surface area contributed by atoms with Gasteiger partial charge in [0.05, 0.1) is 24.8 Å². The fourth-order valence-corrected chi connectivity index (χ4v) is 2.94. The van der Waals surface area contributed by atoms with E-state index < -0.39 is 12.2 Å². The quantitative estimate of drug-likeness (QED) is 0.590. The molecule has 2 amide bonds. The highest BCUT2D eigenvalue weighted by atomic mass is 32.1. The van der Waals surface area contributed by atoms with Crippen molar-refractivity contribution < 1.29 is 28.8 Å². The molecule has 2 aliphatic heterocycles. The molecular weight excluding hydrogens is 300 g/mol. The predicted octanol–water partition coefficient (Wildman–Crippen LogP) is 0.412.